The van der Waals surface area contributed by atoms with Crippen molar-refractivity contribution in [3.05, 3.63) is 17.5 Å². The number of hydrogen-bond acceptors (Lipinski definition) is 4. The monoisotopic (exact) mass is 256 g/mol. The zero-order valence-corrected chi connectivity index (χ0v) is 11.6. The number of rotatable bonds is 3. The van der Waals surface area contributed by atoms with Gasteiger partial charge in [0.2, 0.25) is 5.95 Å². The molecule has 0 saturated heterocycles. The summed E-state index contributed by atoms with van der Waals surface area (Å²) in [5.74, 6) is 3.36. The summed E-state index contributed by atoms with van der Waals surface area (Å²) in [6.07, 6.45) is 5.63. The molecule has 2 aliphatic rings. The first-order chi connectivity index (χ1) is 9.15. The smallest absolute Gasteiger partial charge is 0.226 e. The SMILES string of the molecule is Cc1cc(C#N)nc(N(C)CC2CC3CCC2C3)n1. The number of anilines is 1. The van der Waals surface area contributed by atoms with Gasteiger partial charge >= 0.3 is 0 Å². The average Bonchev–Trinajstić information content (AvgIpc) is 3.00. The molecule has 4 heteroatoms. The van der Waals surface area contributed by atoms with E-state index in [9.17, 15) is 0 Å². The van der Waals surface area contributed by atoms with Crippen molar-refractivity contribution in [2.45, 2.75) is 32.6 Å². The van der Waals surface area contributed by atoms with Crippen molar-refractivity contribution < 1.29 is 0 Å². The van der Waals surface area contributed by atoms with Crippen LogP contribution in [0.4, 0.5) is 5.95 Å². The minimum absolute atomic E-state index is 0.460. The molecule has 2 fully saturated rings. The average molecular weight is 256 g/mol. The van der Waals surface area contributed by atoms with Gasteiger partial charge in [0.05, 0.1) is 0 Å². The molecule has 0 aromatic carbocycles. The van der Waals surface area contributed by atoms with Crippen LogP contribution in [-0.2, 0) is 0 Å². The first-order valence-corrected chi connectivity index (χ1v) is 7.12. The molecule has 3 unspecified atom stereocenters. The molecule has 0 amide bonds. The lowest BCUT2D eigenvalue weighted by atomic mass is 9.88. The first-order valence-electron chi connectivity index (χ1n) is 7.12. The Morgan fingerprint density at radius 2 is 2.21 bits per heavy atom. The molecular formula is C15H20N4. The second-order valence-corrected chi connectivity index (χ2v) is 6.12. The van der Waals surface area contributed by atoms with Gasteiger partial charge in [-0.05, 0) is 50.0 Å². The molecule has 0 spiro atoms. The Bertz CT molecular complexity index is 519. The molecule has 1 aromatic rings. The molecule has 1 heterocycles. The number of aryl methyl sites for hydroxylation is 1. The van der Waals surface area contributed by atoms with Crippen LogP contribution < -0.4 is 4.90 Å². The lowest BCUT2D eigenvalue weighted by Crippen LogP contribution is -2.30. The van der Waals surface area contributed by atoms with Gasteiger partial charge in [0.15, 0.2) is 0 Å². The molecule has 0 aliphatic heterocycles. The topological polar surface area (TPSA) is 52.8 Å². The van der Waals surface area contributed by atoms with E-state index >= 15 is 0 Å². The number of fused-ring (bicyclic) bond motifs is 2. The van der Waals surface area contributed by atoms with Crippen LogP contribution in [0.15, 0.2) is 6.07 Å². The quantitative estimate of drug-likeness (QED) is 0.834. The third-order valence-electron chi connectivity index (χ3n) is 4.69. The zero-order chi connectivity index (χ0) is 13.4. The van der Waals surface area contributed by atoms with Crippen LogP contribution >= 0.6 is 0 Å². The second-order valence-electron chi connectivity index (χ2n) is 6.12. The Balaban J connectivity index is 1.72. The maximum atomic E-state index is 8.98. The molecule has 19 heavy (non-hydrogen) atoms. The molecule has 4 nitrogen and oxygen atoms in total. The van der Waals surface area contributed by atoms with Gasteiger partial charge < -0.3 is 4.90 Å². The summed E-state index contributed by atoms with van der Waals surface area (Å²) in [6.45, 7) is 2.94. The van der Waals surface area contributed by atoms with Crippen LogP contribution in [0.5, 0.6) is 0 Å². The maximum absolute atomic E-state index is 8.98. The third-order valence-corrected chi connectivity index (χ3v) is 4.69. The second kappa shape index (κ2) is 4.80. The third kappa shape index (κ3) is 2.42. The largest absolute Gasteiger partial charge is 0.344 e. The van der Waals surface area contributed by atoms with Crippen LogP contribution in [-0.4, -0.2) is 23.6 Å². The molecule has 3 rings (SSSR count). The normalized spacial score (nSPS) is 28.4. The molecular weight excluding hydrogens is 236 g/mol. The fraction of sp³-hybridized carbons (Fsp3) is 0.667. The fourth-order valence-electron chi connectivity index (χ4n) is 3.81. The number of hydrogen-bond donors (Lipinski definition) is 0. The molecule has 0 radical (unpaired) electrons. The Kier molecular flexibility index (Phi) is 3.14. The summed E-state index contributed by atoms with van der Waals surface area (Å²) in [7, 11) is 2.04. The minimum atomic E-state index is 0.460. The van der Waals surface area contributed by atoms with Gasteiger partial charge in [0.1, 0.15) is 11.8 Å². The summed E-state index contributed by atoms with van der Waals surface area (Å²) in [5.41, 5.74) is 1.32. The lowest BCUT2D eigenvalue weighted by Gasteiger charge is -2.27. The van der Waals surface area contributed by atoms with Gasteiger partial charge in [-0.2, -0.15) is 5.26 Å². The Hall–Kier alpha value is -1.63. The van der Waals surface area contributed by atoms with E-state index in [0.29, 0.717) is 11.6 Å². The summed E-state index contributed by atoms with van der Waals surface area (Å²) in [4.78, 5) is 10.9. The highest BCUT2D eigenvalue weighted by Crippen LogP contribution is 2.48. The Morgan fingerprint density at radius 1 is 1.37 bits per heavy atom. The Labute approximate surface area is 114 Å². The van der Waals surface area contributed by atoms with Crippen LogP contribution in [0.3, 0.4) is 0 Å². The van der Waals surface area contributed by atoms with Gasteiger partial charge in [-0.1, -0.05) is 6.42 Å². The maximum Gasteiger partial charge on any atom is 0.226 e. The van der Waals surface area contributed by atoms with Crippen molar-refractivity contribution in [2.24, 2.45) is 17.8 Å². The van der Waals surface area contributed by atoms with Gasteiger partial charge in [0, 0.05) is 19.3 Å². The van der Waals surface area contributed by atoms with Gasteiger partial charge in [-0.25, -0.2) is 9.97 Å². The molecule has 100 valence electrons. The van der Waals surface area contributed by atoms with Crippen molar-refractivity contribution in [3.63, 3.8) is 0 Å². The van der Waals surface area contributed by atoms with Crippen molar-refractivity contribution in [1.29, 1.82) is 5.26 Å². The highest BCUT2D eigenvalue weighted by molar-refractivity contribution is 5.35. The van der Waals surface area contributed by atoms with Crippen LogP contribution in [0, 0.1) is 36.0 Å². The standard InChI is InChI=1S/C15H20N4/c1-10-5-14(8-16)18-15(17-10)19(2)9-13-7-11-3-4-12(13)6-11/h5,11-13H,3-4,6-7,9H2,1-2H3. The molecule has 1 aromatic heterocycles. The van der Waals surface area contributed by atoms with Gasteiger partial charge in [-0.15, -0.1) is 0 Å². The number of aromatic nitrogens is 2. The molecule has 0 N–H and O–H groups in total. The summed E-state index contributed by atoms with van der Waals surface area (Å²) in [5, 5.41) is 8.98. The number of nitrogens with zero attached hydrogens (tertiary/aromatic N) is 4. The first kappa shape index (κ1) is 12.4. The molecule has 2 saturated carbocycles. The summed E-state index contributed by atoms with van der Waals surface area (Å²) in [6, 6.07) is 3.84. The predicted molar refractivity (Wildman–Crippen MR) is 73.7 cm³/mol. The van der Waals surface area contributed by atoms with E-state index in [0.717, 1.165) is 30.0 Å². The van der Waals surface area contributed by atoms with E-state index in [1.54, 1.807) is 6.07 Å². The van der Waals surface area contributed by atoms with E-state index in [4.69, 9.17) is 5.26 Å². The van der Waals surface area contributed by atoms with Crippen molar-refractivity contribution in [1.82, 2.24) is 9.97 Å². The van der Waals surface area contributed by atoms with Crippen molar-refractivity contribution in [3.8, 4) is 6.07 Å². The summed E-state index contributed by atoms with van der Waals surface area (Å²) < 4.78 is 0. The van der Waals surface area contributed by atoms with E-state index in [2.05, 4.69) is 20.9 Å². The van der Waals surface area contributed by atoms with E-state index in [1.807, 2.05) is 14.0 Å². The van der Waals surface area contributed by atoms with E-state index < -0.39 is 0 Å². The highest BCUT2D eigenvalue weighted by Gasteiger charge is 2.39. The van der Waals surface area contributed by atoms with E-state index in [1.165, 1.54) is 25.7 Å². The van der Waals surface area contributed by atoms with Crippen LogP contribution in [0.1, 0.15) is 37.1 Å². The van der Waals surface area contributed by atoms with Crippen molar-refractivity contribution >= 4 is 5.95 Å². The van der Waals surface area contributed by atoms with Crippen LogP contribution in [0.25, 0.3) is 0 Å². The predicted octanol–water partition coefficient (Wildman–Crippen LogP) is 2.53. The van der Waals surface area contributed by atoms with Gasteiger partial charge in [0.25, 0.3) is 0 Å². The summed E-state index contributed by atoms with van der Waals surface area (Å²) >= 11 is 0. The number of nitriles is 1. The minimum Gasteiger partial charge on any atom is -0.344 e. The Morgan fingerprint density at radius 3 is 2.84 bits per heavy atom. The molecule has 2 bridgehead atoms. The zero-order valence-electron chi connectivity index (χ0n) is 11.6. The lowest BCUT2D eigenvalue weighted by molar-refractivity contribution is 0.336. The van der Waals surface area contributed by atoms with Crippen molar-refractivity contribution in [2.75, 3.05) is 18.5 Å². The van der Waals surface area contributed by atoms with E-state index in [-0.39, 0.29) is 0 Å². The fourth-order valence-corrected chi connectivity index (χ4v) is 3.81. The highest BCUT2D eigenvalue weighted by atomic mass is 15.2. The molecule has 2 aliphatic carbocycles. The van der Waals surface area contributed by atoms with Crippen LogP contribution in [0.2, 0.25) is 0 Å². The van der Waals surface area contributed by atoms with Gasteiger partial charge in [-0.3, -0.25) is 0 Å². The molecule has 3 atom stereocenters.